The van der Waals surface area contributed by atoms with Crippen LogP contribution < -0.4 is 10.1 Å². The fraction of sp³-hybridized carbons (Fsp3) is 0.158. The lowest BCUT2D eigenvalue weighted by atomic mass is 10.1. The van der Waals surface area contributed by atoms with Crippen LogP contribution >= 0.6 is 27.5 Å². The van der Waals surface area contributed by atoms with Gasteiger partial charge in [-0.1, -0.05) is 23.7 Å². The Morgan fingerprint density at radius 2 is 1.73 bits per heavy atom. The Kier molecular flexibility index (Phi) is 5.64. The number of benzene rings is 2. The van der Waals surface area contributed by atoms with E-state index in [4.69, 9.17) is 16.3 Å². The van der Waals surface area contributed by atoms with E-state index in [0.717, 1.165) is 15.7 Å². The highest BCUT2D eigenvalue weighted by Gasteiger charge is 2.13. The number of nitrogens with zero attached hydrogens (tertiary/aromatic N) is 2. The zero-order valence-electron chi connectivity index (χ0n) is 14.3. The fourth-order valence-corrected chi connectivity index (χ4v) is 3.00. The van der Waals surface area contributed by atoms with E-state index >= 15 is 0 Å². The number of aromatic nitrogens is 2. The number of nitrogens with one attached hydrogen (secondary N) is 1. The maximum Gasteiger partial charge on any atom is 0.229 e. The van der Waals surface area contributed by atoms with Gasteiger partial charge in [-0.2, -0.15) is 5.10 Å². The maximum absolute atomic E-state index is 12.3. The Morgan fingerprint density at radius 3 is 2.27 bits per heavy atom. The van der Waals surface area contributed by atoms with Crippen LogP contribution in [0.2, 0.25) is 5.02 Å². The number of carbonyl (C=O) groups excluding carboxylic acids is 1. The van der Waals surface area contributed by atoms with Crippen molar-refractivity contribution < 1.29 is 9.53 Å². The summed E-state index contributed by atoms with van der Waals surface area (Å²) in [5.74, 6) is 1.94. The Labute approximate surface area is 165 Å². The van der Waals surface area contributed by atoms with E-state index < -0.39 is 0 Å². The van der Waals surface area contributed by atoms with E-state index in [1.165, 1.54) is 0 Å². The summed E-state index contributed by atoms with van der Waals surface area (Å²) in [5, 5.41) is 7.80. The van der Waals surface area contributed by atoms with Crippen molar-refractivity contribution in [1.82, 2.24) is 9.78 Å². The smallest absolute Gasteiger partial charge is 0.229 e. The van der Waals surface area contributed by atoms with Crippen LogP contribution in [0.25, 0.3) is 0 Å². The molecule has 0 saturated carbocycles. The standard InChI is InChI=1S/C19H17BrClN3O2/c1-12-18(20)19(24(2)23-12)22-17(25)11-13-3-7-15(8-4-13)26-16-9-5-14(21)6-10-16/h3-10H,11H2,1-2H3,(H,22,25). The molecule has 0 saturated heterocycles. The molecule has 134 valence electrons. The van der Waals surface area contributed by atoms with E-state index in [9.17, 15) is 4.79 Å². The van der Waals surface area contributed by atoms with Gasteiger partial charge in [0, 0.05) is 12.1 Å². The van der Waals surface area contributed by atoms with Gasteiger partial charge >= 0.3 is 0 Å². The summed E-state index contributed by atoms with van der Waals surface area (Å²) >= 11 is 9.30. The van der Waals surface area contributed by atoms with E-state index in [-0.39, 0.29) is 12.3 Å². The number of halogens is 2. The molecule has 3 rings (SSSR count). The van der Waals surface area contributed by atoms with Crippen molar-refractivity contribution in [2.45, 2.75) is 13.3 Å². The third-order valence-electron chi connectivity index (χ3n) is 3.74. The lowest BCUT2D eigenvalue weighted by Gasteiger charge is -2.08. The minimum Gasteiger partial charge on any atom is -0.457 e. The molecule has 2 aromatic carbocycles. The maximum atomic E-state index is 12.3. The van der Waals surface area contributed by atoms with E-state index in [2.05, 4.69) is 26.3 Å². The molecule has 7 heteroatoms. The van der Waals surface area contributed by atoms with Crippen molar-refractivity contribution in [1.29, 1.82) is 0 Å². The average Bonchev–Trinajstić information content (AvgIpc) is 2.85. The third-order valence-corrected chi connectivity index (χ3v) is 4.95. The van der Waals surface area contributed by atoms with Crippen LogP contribution in [0.15, 0.2) is 53.0 Å². The van der Waals surface area contributed by atoms with Gasteiger partial charge in [-0.25, -0.2) is 0 Å². The lowest BCUT2D eigenvalue weighted by Crippen LogP contribution is -2.17. The molecule has 26 heavy (non-hydrogen) atoms. The molecule has 3 aromatic rings. The summed E-state index contributed by atoms with van der Waals surface area (Å²) in [6, 6.07) is 14.6. The topological polar surface area (TPSA) is 56.2 Å². The first-order valence-corrected chi connectivity index (χ1v) is 9.11. The fourth-order valence-electron chi connectivity index (χ4n) is 2.44. The molecular formula is C19H17BrClN3O2. The number of hydrogen-bond acceptors (Lipinski definition) is 3. The number of carbonyl (C=O) groups is 1. The molecule has 0 fully saturated rings. The summed E-state index contributed by atoms with van der Waals surface area (Å²) in [7, 11) is 1.79. The van der Waals surface area contributed by atoms with Gasteiger partial charge in [0.25, 0.3) is 0 Å². The van der Waals surface area contributed by atoms with Gasteiger partial charge in [0.1, 0.15) is 17.3 Å². The average molecular weight is 435 g/mol. The van der Waals surface area contributed by atoms with Crippen LogP contribution in [0, 0.1) is 6.92 Å². The molecule has 0 radical (unpaired) electrons. The molecule has 0 unspecified atom stereocenters. The van der Waals surface area contributed by atoms with Gasteiger partial charge in [-0.05, 0) is 64.8 Å². The molecule has 5 nitrogen and oxygen atoms in total. The molecule has 0 aliphatic carbocycles. The molecule has 0 atom stereocenters. The number of hydrogen-bond donors (Lipinski definition) is 1. The zero-order chi connectivity index (χ0) is 18.7. The largest absolute Gasteiger partial charge is 0.457 e. The second-order valence-electron chi connectivity index (χ2n) is 5.80. The quantitative estimate of drug-likeness (QED) is 0.606. The lowest BCUT2D eigenvalue weighted by molar-refractivity contribution is -0.115. The van der Waals surface area contributed by atoms with Crippen LogP contribution in [-0.4, -0.2) is 15.7 Å². The summed E-state index contributed by atoms with van der Waals surface area (Å²) < 4.78 is 8.18. The van der Waals surface area contributed by atoms with E-state index in [0.29, 0.717) is 22.3 Å². The Balaban J connectivity index is 1.61. The van der Waals surface area contributed by atoms with Gasteiger partial charge < -0.3 is 10.1 Å². The molecule has 0 spiro atoms. The van der Waals surface area contributed by atoms with Gasteiger partial charge in [0.15, 0.2) is 0 Å². The second-order valence-corrected chi connectivity index (χ2v) is 7.03. The molecule has 0 bridgehead atoms. The normalized spacial score (nSPS) is 10.6. The Hall–Kier alpha value is -2.31. The Morgan fingerprint density at radius 1 is 1.15 bits per heavy atom. The van der Waals surface area contributed by atoms with Crippen molar-refractivity contribution in [3.63, 3.8) is 0 Å². The highest BCUT2D eigenvalue weighted by molar-refractivity contribution is 9.10. The van der Waals surface area contributed by atoms with Crippen LogP contribution in [-0.2, 0) is 18.3 Å². The van der Waals surface area contributed by atoms with E-state index in [1.54, 1.807) is 36.0 Å². The van der Waals surface area contributed by atoms with Crippen LogP contribution in [0.4, 0.5) is 5.82 Å². The number of ether oxygens (including phenoxy) is 1. The monoisotopic (exact) mass is 433 g/mol. The van der Waals surface area contributed by atoms with Crippen molar-refractivity contribution in [3.8, 4) is 11.5 Å². The minimum atomic E-state index is -0.111. The molecule has 1 N–H and O–H groups in total. The van der Waals surface area contributed by atoms with Crippen molar-refractivity contribution in [2.75, 3.05) is 5.32 Å². The molecule has 1 heterocycles. The van der Waals surface area contributed by atoms with Gasteiger partial charge in [0.2, 0.25) is 5.91 Å². The number of amides is 1. The van der Waals surface area contributed by atoms with Crippen molar-refractivity contribution >= 4 is 39.3 Å². The zero-order valence-corrected chi connectivity index (χ0v) is 16.6. The van der Waals surface area contributed by atoms with Gasteiger partial charge in [0.05, 0.1) is 16.6 Å². The van der Waals surface area contributed by atoms with Crippen molar-refractivity contribution in [2.24, 2.45) is 7.05 Å². The number of anilines is 1. The predicted octanol–water partition coefficient (Wildman–Crippen LogP) is 5.12. The van der Waals surface area contributed by atoms with Gasteiger partial charge in [-0.3, -0.25) is 9.48 Å². The summed E-state index contributed by atoms with van der Waals surface area (Å²) in [4.78, 5) is 12.3. The van der Waals surface area contributed by atoms with Crippen molar-refractivity contribution in [3.05, 3.63) is 69.3 Å². The first kappa shape index (κ1) is 18.5. The first-order chi connectivity index (χ1) is 12.4. The molecule has 0 aliphatic rings. The first-order valence-electron chi connectivity index (χ1n) is 7.93. The highest BCUT2D eigenvalue weighted by Crippen LogP contribution is 2.26. The molecule has 0 aliphatic heterocycles. The molecule has 1 aromatic heterocycles. The third kappa shape index (κ3) is 4.45. The summed E-state index contributed by atoms with van der Waals surface area (Å²) in [6.07, 6.45) is 0.262. The minimum absolute atomic E-state index is 0.111. The van der Waals surface area contributed by atoms with E-state index in [1.807, 2.05) is 31.2 Å². The molecule has 1 amide bonds. The van der Waals surface area contributed by atoms with Crippen LogP contribution in [0.1, 0.15) is 11.3 Å². The van der Waals surface area contributed by atoms with Crippen LogP contribution in [0.5, 0.6) is 11.5 Å². The second kappa shape index (κ2) is 7.93. The SMILES string of the molecule is Cc1nn(C)c(NC(=O)Cc2ccc(Oc3ccc(Cl)cc3)cc2)c1Br. The predicted molar refractivity (Wildman–Crippen MR) is 106 cm³/mol. The summed E-state index contributed by atoms with van der Waals surface area (Å²) in [6.45, 7) is 1.87. The number of aryl methyl sites for hydroxylation is 2. The van der Waals surface area contributed by atoms with Gasteiger partial charge in [-0.15, -0.1) is 0 Å². The number of rotatable bonds is 5. The summed E-state index contributed by atoms with van der Waals surface area (Å²) in [5.41, 5.74) is 1.72. The highest BCUT2D eigenvalue weighted by atomic mass is 79.9. The molecular weight excluding hydrogens is 418 g/mol. The van der Waals surface area contributed by atoms with Crippen LogP contribution in [0.3, 0.4) is 0 Å². The Bertz CT molecular complexity index is 921.